The van der Waals surface area contributed by atoms with Gasteiger partial charge in [0.1, 0.15) is 11.4 Å². The predicted molar refractivity (Wildman–Crippen MR) is 64.6 cm³/mol. The third-order valence-corrected chi connectivity index (χ3v) is 3.40. The fourth-order valence-electron chi connectivity index (χ4n) is 2.68. The Labute approximate surface area is 101 Å². The number of esters is 1. The van der Waals surface area contributed by atoms with Crippen molar-refractivity contribution < 1.29 is 14.6 Å². The first-order valence-corrected chi connectivity index (χ1v) is 6.12. The lowest BCUT2D eigenvalue weighted by Crippen LogP contribution is -2.34. The molecule has 0 amide bonds. The van der Waals surface area contributed by atoms with Crippen LogP contribution in [-0.2, 0) is 15.1 Å². The maximum absolute atomic E-state index is 11.3. The zero-order chi connectivity index (χ0) is 12.3. The first-order chi connectivity index (χ1) is 8.14. The van der Waals surface area contributed by atoms with E-state index in [9.17, 15) is 9.90 Å². The van der Waals surface area contributed by atoms with E-state index in [1.54, 1.807) is 12.1 Å². The smallest absolute Gasteiger partial charge is 0.303 e. The molecule has 17 heavy (non-hydrogen) atoms. The van der Waals surface area contributed by atoms with Crippen LogP contribution in [0.25, 0.3) is 0 Å². The standard InChI is InChI=1S/C14H18O3/c1-11(15)17-14(9-5-2-6-10-14)12-7-3-4-8-13(12)16/h3-4,7-8,16H,2,5-6,9-10H2,1H3. The number of phenols is 1. The van der Waals surface area contributed by atoms with Gasteiger partial charge in [-0.25, -0.2) is 0 Å². The van der Waals surface area contributed by atoms with E-state index in [-0.39, 0.29) is 11.7 Å². The van der Waals surface area contributed by atoms with Crippen LogP contribution in [0.3, 0.4) is 0 Å². The van der Waals surface area contributed by atoms with Crippen molar-refractivity contribution in [3.8, 4) is 5.75 Å². The third kappa shape index (κ3) is 2.43. The fraction of sp³-hybridized carbons (Fsp3) is 0.500. The monoisotopic (exact) mass is 234 g/mol. The van der Waals surface area contributed by atoms with Crippen LogP contribution in [0, 0.1) is 0 Å². The van der Waals surface area contributed by atoms with Crippen molar-refractivity contribution in [2.75, 3.05) is 0 Å². The van der Waals surface area contributed by atoms with Gasteiger partial charge in [0.25, 0.3) is 0 Å². The van der Waals surface area contributed by atoms with E-state index >= 15 is 0 Å². The highest BCUT2D eigenvalue weighted by Crippen LogP contribution is 2.43. The molecule has 0 aromatic heterocycles. The van der Waals surface area contributed by atoms with E-state index in [0.717, 1.165) is 37.7 Å². The Hall–Kier alpha value is -1.51. The second kappa shape index (κ2) is 4.78. The van der Waals surface area contributed by atoms with Gasteiger partial charge in [-0.2, -0.15) is 0 Å². The molecule has 0 aliphatic heterocycles. The van der Waals surface area contributed by atoms with Crippen molar-refractivity contribution >= 4 is 5.97 Å². The molecule has 1 aliphatic rings. The Morgan fingerprint density at radius 1 is 1.24 bits per heavy atom. The topological polar surface area (TPSA) is 46.5 Å². The van der Waals surface area contributed by atoms with Crippen LogP contribution in [0.5, 0.6) is 5.75 Å². The van der Waals surface area contributed by atoms with Crippen LogP contribution in [0.4, 0.5) is 0 Å². The van der Waals surface area contributed by atoms with Crippen LogP contribution >= 0.6 is 0 Å². The molecule has 2 rings (SSSR count). The molecule has 1 N–H and O–H groups in total. The summed E-state index contributed by atoms with van der Waals surface area (Å²) < 4.78 is 5.55. The molecule has 0 heterocycles. The molecule has 1 aromatic rings. The van der Waals surface area contributed by atoms with E-state index in [1.807, 2.05) is 12.1 Å². The van der Waals surface area contributed by atoms with Crippen LogP contribution in [0.2, 0.25) is 0 Å². The lowest BCUT2D eigenvalue weighted by Gasteiger charge is -2.37. The van der Waals surface area contributed by atoms with Crippen molar-refractivity contribution in [2.45, 2.75) is 44.6 Å². The van der Waals surface area contributed by atoms with Gasteiger partial charge in [-0.1, -0.05) is 24.6 Å². The molecule has 3 heteroatoms. The number of aromatic hydroxyl groups is 1. The van der Waals surface area contributed by atoms with Gasteiger partial charge >= 0.3 is 5.97 Å². The van der Waals surface area contributed by atoms with Gasteiger partial charge in [-0.05, 0) is 31.7 Å². The van der Waals surface area contributed by atoms with E-state index in [4.69, 9.17) is 4.74 Å². The predicted octanol–water partition coefficient (Wildman–Crippen LogP) is 3.11. The number of carbonyl (C=O) groups excluding carboxylic acids is 1. The summed E-state index contributed by atoms with van der Waals surface area (Å²) in [5, 5.41) is 9.95. The molecular weight excluding hydrogens is 216 g/mol. The first-order valence-electron chi connectivity index (χ1n) is 6.12. The Bertz CT molecular complexity index is 406. The van der Waals surface area contributed by atoms with Gasteiger partial charge in [0.2, 0.25) is 0 Å². The van der Waals surface area contributed by atoms with Crippen LogP contribution in [0.1, 0.15) is 44.6 Å². The second-order valence-electron chi connectivity index (χ2n) is 4.67. The molecular formula is C14H18O3. The Morgan fingerprint density at radius 2 is 1.88 bits per heavy atom. The second-order valence-corrected chi connectivity index (χ2v) is 4.67. The lowest BCUT2D eigenvalue weighted by molar-refractivity contribution is -0.162. The number of rotatable bonds is 2. The van der Waals surface area contributed by atoms with Crippen molar-refractivity contribution in [2.24, 2.45) is 0 Å². The maximum Gasteiger partial charge on any atom is 0.303 e. The Kier molecular flexibility index (Phi) is 3.36. The molecule has 0 unspecified atom stereocenters. The normalized spacial score (nSPS) is 18.6. The zero-order valence-electron chi connectivity index (χ0n) is 10.1. The highest BCUT2D eigenvalue weighted by Gasteiger charge is 2.38. The number of phenolic OH excluding ortho intramolecular Hbond substituents is 1. The van der Waals surface area contributed by atoms with Crippen molar-refractivity contribution in [3.63, 3.8) is 0 Å². The summed E-state index contributed by atoms with van der Waals surface area (Å²) in [5.74, 6) is -0.0641. The van der Waals surface area contributed by atoms with E-state index in [1.165, 1.54) is 6.92 Å². The van der Waals surface area contributed by atoms with Crippen molar-refractivity contribution in [1.82, 2.24) is 0 Å². The minimum atomic E-state index is -0.616. The summed E-state index contributed by atoms with van der Waals surface area (Å²) in [4.78, 5) is 11.3. The molecule has 1 aromatic carbocycles. The van der Waals surface area contributed by atoms with Gasteiger partial charge in [-0.3, -0.25) is 4.79 Å². The summed E-state index contributed by atoms with van der Waals surface area (Å²) in [5.41, 5.74) is 0.130. The summed E-state index contributed by atoms with van der Waals surface area (Å²) in [6.07, 6.45) is 4.81. The number of carbonyl (C=O) groups is 1. The Morgan fingerprint density at radius 3 is 2.47 bits per heavy atom. The first kappa shape index (κ1) is 12.0. The van der Waals surface area contributed by atoms with Crippen LogP contribution < -0.4 is 0 Å². The summed E-state index contributed by atoms with van der Waals surface area (Å²) in [7, 11) is 0. The molecule has 1 saturated carbocycles. The number of hydrogen-bond donors (Lipinski definition) is 1. The van der Waals surface area contributed by atoms with Gasteiger partial charge in [0.05, 0.1) is 0 Å². The maximum atomic E-state index is 11.3. The molecule has 0 saturated heterocycles. The highest BCUT2D eigenvalue weighted by molar-refractivity contribution is 5.67. The number of hydrogen-bond acceptors (Lipinski definition) is 3. The molecule has 1 aliphatic carbocycles. The highest BCUT2D eigenvalue weighted by atomic mass is 16.6. The van der Waals surface area contributed by atoms with Crippen LogP contribution in [-0.4, -0.2) is 11.1 Å². The summed E-state index contributed by atoms with van der Waals surface area (Å²) >= 11 is 0. The van der Waals surface area contributed by atoms with Gasteiger partial charge in [0, 0.05) is 12.5 Å². The number of para-hydroxylation sites is 1. The van der Waals surface area contributed by atoms with E-state index in [2.05, 4.69) is 0 Å². The minimum absolute atomic E-state index is 0.218. The van der Waals surface area contributed by atoms with Crippen molar-refractivity contribution in [1.29, 1.82) is 0 Å². The average molecular weight is 234 g/mol. The fourth-order valence-corrected chi connectivity index (χ4v) is 2.68. The SMILES string of the molecule is CC(=O)OC1(c2ccccc2O)CCCCC1. The van der Waals surface area contributed by atoms with Gasteiger partial charge in [0.15, 0.2) is 0 Å². The number of benzene rings is 1. The third-order valence-electron chi connectivity index (χ3n) is 3.40. The minimum Gasteiger partial charge on any atom is -0.508 e. The van der Waals surface area contributed by atoms with Crippen LogP contribution in [0.15, 0.2) is 24.3 Å². The van der Waals surface area contributed by atoms with Gasteiger partial charge in [-0.15, -0.1) is 0 Å². The molecule has 92 valence electrons. The van der Waals surface area contributed by atoms with Gasteiger partial charge < -0.3 is 9.84 Å². The molecule has 0 bridgehead atoms. The molecule has 3 nitrogen and oxygen atoms in total. The summed E-state index contributed by atoms with van der Waals surface area (Å²) in [6, 6.07) is 7.15. The van der Waals surface area contributed by atoms with E-state index < -0.39 is 5.60 Å². The zero-order valence-corrected chi connectivity index (χ0v) is 10.1. The Balaban J connectivity index is 2.39. The molecule has 1 fully saturated rings. The van der Waals surface area contributed by atoms with Crippen molar-refractivity contribution in [3.05, 3.63) is 29.8 Å². The quantitative estimate of drug-likeness (QED) is 0.800. The average Bonchev–Trinajstić information content (AvgIpc) is 2.29. The lowest BCUT2D eigenvalue weighted by atomic mass is 9.79. The molecule has 0 atom stereocenters. The molecule has 0 radical (unpaired) electrons. The summed E-state index contributed by atoms with van der Waals surface area (Å²) in [6.45, 7) is 1.43. The molecule has 0 spiro atoms. The number of ether oxygens (including phenoxy) is 1. The van der Waals surface area contributed by atoms with E-state index in [0.29, 0.717) is 0 Å². The largest absolute Gasteiger partial charge is 0.508 e.